The van der Waals surface area contributed by atoms with Gasteiger partial charge in [-0.1, -0.05) is 24.3 Å². The van der Waals surface area contributed by atoms with Gasteiger partial charge in [0.1, 0.15) is 0 Å². The summed E-state index contributed by atoms with van der Waals surface area (Å²) in [7, 11) is 0. The van der Waals surface area contributed by atoms with Crippen LogP contribution >= 0.6 is 0 Å². The van der Waals surface area contributed by atoms with Crippen LogP contribution in [0.15, 0.2) is 30.3 Å². The molecule has 1 unspecified atom stereocenters. The first-order valence-electron chi connectivity index (χ1n) is 7.42. The number of carbonyl (C=O) groups excluding carboxylic acids is 1. The van der Waals surface area contributed by atoms with Crippen LogP contribution in [0.25, 0.3) is 6.08 Å². The molecule has 4 nitrogen and oxygen atoms in total. The van der Waals surface area contributed by atoms with E-state index in [0.717, 1.165) is 24.0 Å². The maximum Gasteiger partial charge on any atom is 0.330 e. The van der Waals surface area contributed by atoms with Crippen LogP contribution in [0.5, 0.6) is 0 Å². The normalized spacial score (nSPS) is 22.4. The van der Waals surface area contributed by atoms with Gasteiger partial charge in [0, 0.05) is 18.9 Å². The van der Waals surface area contributed by atoms with Crippen LogP contribution in [0.2, 0.25) is 0 Å². The second kappa shape index (κ2) is 7.38. The van der Waals surface area contributed by atoms with E-state index >= 15 is 0 Å². The predicted octanol–water partition coefficient (Wildman–Crippen LogP) is 2.69. The number of rotatable bonds is 5. The van der Waals surface area contributed by atoms with Gasteiger partial charge in [-0.25, -0.2) is 4.79 Å². The Morgan fingerprint density at radius 3 is 2.95 bits per heavy atom. The Bertz CT molecular complexity index is 501. The number of hydrogen-bond acceptors (Lipinski definition) is 4. The van der Waals surface area contributed by atoms with E-state index in [2.05, 4.69) is 0 Å². The summed E-state index contributed by atoms with van der Waals surface area (Å²) in [6.07, 6.45) is 6.16. The summed E-state index contributed by atoms with van der Waals surface area (Å²) in [6, 6.07) is 7.68. The zero-order valence-electron chi connectivity index (χ0n) is 12.4. The molecule has 0 bridgehead atoms. The van der Waals surface area contributed by atoms with Crippen LogP contribution in [0.3, 0.4) is 0 Å². The van der Waals surface area contributed by atoms with Gasteiger partial charge in [-0.2, -0.15) is 0 Å². The molecule has 1 heterocycles. The molecule has 0 saturated carbocycles. The van der Waals surface area contributed by atoms with Crippen molar-refractivity contribution in [3.8, 4) is 0 Å². The van der Waals surface area contributed by atoms with Gasteiger partial charge in [-0.15, -0.1) is 0 Å². The van der Waals surface area contributed by atoms with Gasteiger partial charge in [0.05, 0.1) is 13.2 Å². The lowest BCUT2D eigenvalue weighted by atomic mass is 9.94. The molecule has 21 heavy (non-hydrogen) atoms. The molecular weight excluding hydrogens is 268 g/mol. The molecule has 1 saturated heterocycles. The van der Waals surface area contributed by atoms with Crippen molar-refractivity contribution in [3.05, 3.63) is 41.5 Å². The molecule has 0 radical (unpaired) electrons. The maximum atomic E-state index is 11.4. The van der Waals surface area contributed by atoms with Crippen LogP contribution in [0, 0.1) is 0 Å². The molecule has 0 amide bonds. The smallest absolute Gasteiger partial charge is 0.330 e. The highest BCUT2D eigenvalue weighted by molar-refractivity contribution is 5.87. The standard InChI is InChI=1S/C17H22O4/c1-2-20-16(18)10-9-14-7-3-4-8-15(14)13-17(19)11-5-6-12-21-17/h3-4,7-10,19H,2,5-6,11-13H2,1H3/b10-9+. The molecule has 0 aromatic heterocycles. The van der Waals surface area contributed by atoms with Gasteiger partial charge in [-0.05, 0) is 37.0 Å². The Balaban J connectivity index is 2.11. The monoisotopic (exact) mass is 290 g/mol. The van der Waals surface area contributed by atoms with Gasteiger partial charge >= 0.3 is 5.97 Å². The number of aliphatic hydroxyl groups is 1. The van der Waals surface area contributed by atoms with Crippen LogP contribution in [0.1, 0.15) is 37.3 Å². The van der Waals surface area contributed by atoms with E-state index in [4.69, 9.17) is 9.47 Å². The first kappa shape index (κ1) is 15.7. The largest absolute Gasteiger partial charge is 0.463 e. The summed E-state index contributed by atoms with van der Waals surface area (Å²) in [6.45, 7) is 2.73. The van der Waals surface area contributed by atoms with Crippen molar-refractivity contribution in [1.82, 2.24) is 0 Å². The maximum absolute atomic E-state index is 11.4. The van der Waals surface area contributed by atoms with Gasteiger partial charge in [0.15, 0.2) is 5.79 Å². The summed E-state index contributed by atoms with van der Waals surface area (Å²) >= 11 is 0. The van der Waals surface area contributed by atoms with Crippen molar-refractivity contribution in [2.75, 3.05) is 13.2 Å². The lowest BCUT2D eigenvalue weighted by molar-refractivity contribution is -0.223. The Kier molecular flexibility index (Phi) is 5.53. The Morgan fingerprint density at radius 2 is 2.24 bits per heavy atom. The molecule has 2 rings (SSSR count). The highest BCUT2D eigenvalue weighted by atomic mass is 16.6. The molecule has 114 valence electrons. The second-order valence-corrected chi connectivity index (χ2v) is 5.21. The van der Waals surface area contributed by atoms with E-state index in [9.17, 15) is 9.90 Å². The van der Waals surface area contributed by atoms with Gasteiger partial charge < -0.3 is 14.6 Å². The first-order valence-corrected chi connectivity index (χ1v) is 7.42. The van der Waals surface area contributed by atoms with Crippen molar-refractivity contribution in [2.24, 2.45) is 0 Å². The van der Waals surface area contributed by atoms with Crippen molar-refractivity contribution in [2.45, 2.75) is 38.4 Å². The van der Waals surface area contributed by atoms with Crippen molar-refractivity contribution in [1.29, 1.82) is 0 Å². The fourth-order valence-electron chi connectivity index (χ4n) is 2.48. The molecule has 1 aromatic rings. The molecule has 1 aromatic carbocycles. The van der Waals surface area contributed by atoms with E-state index in [1.165, 1.54) is 6.08 Å². The zero-order chi connectivity index (χ0) is 15.1. The van der Waals surface area contributed by atoms with Crippen LogP contribution < -0.4 is 0 Å². The van der Waals surface area contributed by atoms with Crippen LogP contribution in [0.4, 0.5) is 0 Å². The average molecular weight is 290 g/mol. The number of esters is 1. The summed E-state index contributed by atoms with van der Waals surface area (Å²) in [5.41, 5.74) is 1.86. The lowest BCUT2D eigenvalue weighted by Gasteiger charge is -2.32. The third kappa shape index (κ3) is 4.69. The number of benzene rings is 1. The minimum atomic E-state index is -1.09. The molecule has 0 spiro atoms. The quantitative estimate of drug-likeness (QED) is 0.669. The van der Waals surface area contributed by atoms with E-state index in [1.807, 2.05) is 24.3 Å². The van der Waals surface area contributed by atoms with Crippen molar-refractivity contribution >= 4 is 12.0 Å². The SMILES string of the molecule is CCOC(=O)/C=C/c1ccccc1CC1(O)CCCCO1. The van der Waals surface area contributed by atoms with Gasteiger partial charge in [-0.3, -0.25) is 0 Å². The zero-order valence-corrected chi connectivity index (χ0v) is 12.4. The second-order valence-electron chi connectivity index (χ2n) is 5.21. The minimum absolute atomic E-state index is 0.360. The minimum Gasteiger partial charge on any atom is -0.463 e. The third-order valence-electron chi connectivity index (χ3n) is 3.54. The number of ether oxygens (including phenoxy) is 2. The molecule has 1 fully saturated rings. The Labute approximate surface area is 125 Å². The number of hydrogen-bond donors (Lipinski definition) is 1. The Hall–Kier alpha value is -1.65. The molecule has 1 aliphatic rings. The molecule has 1 N–H and O–H groups in total. The Morgan fingerprint density at radius 1 is 1.43 bits per heavy atom. The highest BCUT2D eigenvalue weighted by Gasteiger charge is 2.30. The highest BCUT2D eigenvalue weighted by Crippen LogP contribution is 2.27. The molecular formula is C17H22O4. The van der Waals surface area contributed by atoms with Crippen LogP contribution in [-0.2, 0) is 20.7 Å². The molecule has 0 aliphatic carbocycles. The van der Waals surface area contributed by atoms with Crippen molar-refractivity contribution < 1.29 is 19.4 Å². The fraction of sp³-hybridized carbons (Fsp3) is 0.471. The van der Waals surface area contributed by atoms with E-state index in [-0.39, 0.29) is 5.97 Å². The topological polar surface area (TPSA) is 55.8 Å². The molecule has 1 atom stereocenters. The summed E-state index contributed by atoms with van der Waals surface area (Å²) < 4.78 is 10.4. The van der Waals surface area contributed by atoms with Crippen LogP contribution in [-0.4, -0.2) is 30.1 Å². The van der Waals surface area contributed by atoms with Gasteiger partial charge in [0.25, 0.3) is 0 Å². The number of carbonyl (C=O) groups is 1. The van der Waals surface area contributed by atoms with E-state index in [1.54, 1.807) is 13.0 Å². The fourth-order valence-corrected chi connectivity index (χ4v) is 2.48. The van der Waals surface area contributed by atoms with E-state index < -0.39 is 5.79 Å². The summed E-state index contributed by atoms with van der Waals surface area (Å²) in [4.78, 5) is 11.4. The summed E-state index contributed by atoms with van der Waals surface area (Å²) in [5.74, 6) is -1.45. The third-order valence-corrected chi connectivity index (χ3v) is 3.54. The van der Waals surface area contributed by atoms with Crippen molar-refractivity contribution in [3.63, 3.8) is 0 Å². The molecule has 1 aliphatic heterocycles. The van der Waals surface area contributed by atoms with E-state index in [0.29, 0.717) is 26.1 Å². The first-order chi connectivity index (χ1) is 10.1. The predicted molar refractivity (Wildman–Crippen MR) is 80.6 cm³/mol. The lowest BCUT2D eigenvalue weighted by Crippen LogP contribution is -2.38. The van der Waals surface area contributed by atoms with Gasteiger partial charge in [0.2, 0.25) is 0 Å². The average Bonchev–Trinajstić information content (AvgIpc) is 2.47. The molecule has 4 heteroatoms. The summed E-state index contributed by atoms with van der Waals surface area (Å²) in [5, 5.41) is 10.5.